The van der Waals surface area contributed by atoms with E-state index in [1.54, 1.807) is 0 Å². The van der Waals surface area contributed by atoms with Crippen LogP contribution in [0.5, 0.6) is 0 Å². The predicted molar refractivity (Wildman–Crippen MR) is 316 cm³/mol. The van der Waals surface area contributed by atoms with Crippen LogP contribution in [0, 0.1) is 0 Å². The lowest BCUT2D eigenvalue weighted by Crippen LogP contribution is -2.29. The molecule has 11 aromatic rings. The molecule has 0 aliphatic heterocycles. The molecule has 0 unspecified atom stereocenters. The van der Waals surface area contributed by atoms with Crippen molar-refractivity contribution in [1.29, 1.82) is 0 Å². The minimum absolute atomic E-state index is 0.675. The Morgan fingerprint density at radius 2 is 0.693 bits per heavy atom. The van der Waals surface area contributed by atoms with Gasteiger partial charge >= 0.3 is 0 Å². The average Bonchev–Trinajstić information content (AvgIpc) is 3.81. The smallest absolute Gasteiger partial charge is 0.0715 e. The Labute approximate surface area is 441 Å². The molecular weight excluding hydrogens is 905 g/mol. The van der Waals surface area contributed by atoms with E-state index in [1.807, 2.05) is 0 Å². The van der Waals surface area contributed by atoms with Crippen molar-refractivity contribution in [3.63, 3.8) is 0 Å². The lowest BCUT2D eigenvalue weighted by Gasteiger charge is -2.35. The van der Waals surface area contributed by atoms with Crippen molar-refractivity contribution >= 4 is 39.7 Å². The fourth-order valence-electron chi connectivity index (χ4n) is 11.6. The fourth-order valence-corrected chi connectivity index (χ4v) is 11.6. The number of hydrogen-bond acceptors (Lipinski definition) is 2. The molecule has 0 bridgehead atoms. The van der Waals surface area contributed by atoms with Gasteiger partial charge in [-0.2, -0.15) is 0 Å². The first-order valence-corrected chi connectivity index (χ1v) is 26.1. The molecule has 0 saturated heterocycles. The van der Waals surface area contributed by atoms with Gasteiger partial charge in [-0.1, -0.05) is 237 Å². The highest BCUT2D eigenvalue weighted by molar-refractivity contribution is 5.99. The summed E-state index contributed by atoms with van der Waals surface area (Å²) in [5, 5.41) is 0. The predicted octanol–water partition coefficient (Wildman–Crippen LogP) is 19.7. The molecule has 0 saturated carbocycles. The average molecular weight is 959 g/mol. The van der Waals surface area contributed by atoms with Crippen LogP contribution < -0.4 is 9.80 Å². The van der Waals surface area contributed by atoms with Gasteiger partial charge in [0.05, 0.1) is 11.1 Å². The first-order chi connectivity index (χ1) is 37.2. The van der Waals surface area contributed by atoms with Crippen LogP contribution in [-0.2, 0) is 5.41 Å². The zero-order valence-corrected chi connectivity index (χ0v) is 41.7. The van der Waals surface area contributed by atoms with Crippen molar-refractivity contribution in [1.82, 2.24) is 0 Å². The van der Waals surface area contributed by atoms with Crippen molar-refractivity contribution < 1.29 is 0 Å². The highest BCUT2D eigenvalue weighted by Crippen LogP contribution is 2.60. The molecule has 75 heavy (non-hydrogen) atoms. The minimum Gasteiger partial charge on any atom is -0.310 e. The third-order valence-electron chi connectivity index (χ3n) is 15.2. The molecule has 0 spiro atoms. The summed E-state index contributed by atoms with van der Waals surface area (Å²) in [6.07, 6.45) is 9.06. The van der Waals surface area contributed by atoms with Crippen LogP contribution in [0.4, 0.5) is 34.1 Å². The van der Waals surface area contributed by atoms with Gasteiger partial charge in [-0.25, -0.2) is 0 Å². The van der Waals surface area contributed by atoms with E-state index < -0.39 is 5.41 Å². The molecule has 0 N–H and O–H groups in total. The molecule has 2 aliphatic carbocycles. The summed E-state index contributed by atoms with van der Waals surface area (Å²) >= 11 is 0. The van der Waals surface area contributed by atoms with Gasteiger partial charge < -0.3 is 9.80 Å². The molecule has 13 rings (SSSR count). The summed E-state index contributed by atoms with van der Waals surface area (Å²) < 4.78 is 0. The third-order valence-corrected chi connectivity index (χ3v) is 15.2. The summed E-state index contributed by atoms with van der Waals surface area (Å²) in [6.45, 7) is 0. The maximum Gasteiger partial charge on any atom is 0.0715 e. The van der Waals surface area contributed by atoms with Crippen molar-refractivity contribution in [2.45, 2.75) is 18.3 Å². The Kier molecular flexibility index (Phi) is 12.0. The third kappa shape index (κ3) is 8.37. The summed E-state index contributed by atoms with van der Waals surface area (Å²) in [4.78, 5) is 4.90. The largest absolute Gasteiger partial charge is 0.310 e. The monoisotopic (exact) mass is 958 g/mol. The van der Waals surface area contributed by atoms with E-state index in [9.17, 15) is 0 Å². The van der Waals surface area contributed by atoms with Gasteiger partial charge in [-0.05, 0) is 152 Å². The Balaban J connectivity index is 1.04. The van der Waals surface area contributed by atoms with Crippen molar-refractivity contribution in [2.75, 3.05) is 9.80 Å². The summed E-state index contributed by atoms with van der Waals surface area (Å²) in [5.41, 5.74) is 22.8. The standard InChI is InChI=1S/C73H54N2/c1-7-20-53(21-8-1)57-34-42-63(43-35-57)74(64-44-36-58(37-45-64)54-22-9-2-10-23-54)67-50-51-68-70(52-67)73(61-28-15-5-16-29-61,62-30-17-6-18-31-62)69-32-19-33-71(72(68)69)75(65-46-38-59(39-47-65)55-24-11-3-12-25-55)66-48-40-60(41-49-66)56-26-13-4-14-27-56/h1-3,5-13,15-52H,4,14H2. The second kappa shape index (κ2) is 19.8. The van der Waals surface area contributed by atoms with Gasteiger partial charge in [0, 0.05) is 34.0 Å². The van der Waals surface area contributed by atoms with E-state index in [0.717, 1.165) is 47.0 Å². The Morgan fingerprint density at radius 3 is 1.13 bits per heavy atom. The topological polar surface area (TPSA) is 6.48 Å². The zero-order valence-electron chi connectivity index (χ0n) is 41.7. The first-order valence-electron chi connectivity index (χ1n) is 26.1. The Hall–Kier alpha value is -9.50. The Bertz CT molecular complexity index is 3690. The van der Waals surface area contributed by atoms with Crippen LogP contribution in [-0.4, -0.2) is 0 Å². The number of anilines is 6. The maximum atomic E-state index is 2.48. The van der Waals surface area contributed by atoms with Crippen LogP contribution in [0.25, 0.3) is 50.1 Å². The van der Waals surface area contributed by atoms with Crippen molar-refractivity contribution in [2.24, 2.45) is 0 Å². The number of rotatable bonds is 12. The summed E-state index contributed by atoms with van der Waals surface area (Å²) in [6, 6.07) is 105. The number of nitrogens with zero attached hydrogens (tertiary/aromatic N) is 2. The van der Waals surface area contributed by atoms with Crippen LogP contribution in [0.1, 0.15) is 40.7 Å². The Morgan fingerprint density at radius 1 is 0.293 bits per heavy atom. The first kappa shape index (κ1) is 45.4. The maximum absolute atomic E-state index is 2.48. The summed E-state index contributed by atoms with van der Waals surface area (Å²) in [7, 11) is 0. The van der Waals surface area contributed by atoms with Crippen LogP contribution in [0.15, 0.2) is 303 Å². The molecule has 11 aromatic carbocycles. The second-order valence-electron chi connectivity index (χ2n) is 19.5. The molecule has 0 atom stereocenters. The van der Waals surface area contributed by atoms with Crippen LogP contribution in [0.3, 0.4) is 0 Å². The van der Waals surface area contributed by atoms with Gasteiger partial charge in [-0.3, -0.25) is 0 Å². The van der Waals surface area contributed by atoms with E-state index in [2.05, 4.69) is 313 Å². The molecule has 2 heteroatoms. The SMILES string of the molecule is C1=CC(c2ccc(N(c3ccc(-c4ccccc4)cc3)c3cccc4c3-c3ccc(N(c5ccc(-c6ccccc6)cc5)c5ccc(-c6ccccc6)cc5)cc3C4(c3ccccc3)c3ccccc3)cc2)=CCC1. The van der Waals surface area contributed by atoms with Gasteiger partial charge in [0.2, 0.25) is 0 Å². The minimum atomic E-state index is -0.675. The number of hydrogen-bond donors (Lipinski definition) is 0. The van der Waals surface area contributed by atoms with Crippen molar-refractivity contribution in [3.8, 4) is 44.5 Å². The van der Waals surface area contributed by atoms with E-state index in [1.165, 1.54) is 77.9 Å². The van der Waals surface area contributed by atoms with E-state index in [4.69, 9.17) is 0 Å². The normalized spacial score (nSPS) is 13.1. The van der Waals surface area contributed by atoms with Gasteiger partial charge in [-0.15, -0.1) is 0 Å². The number of benzene rings is 11. The highest BCUT2D eigenvalue weighted by atomic mass is 15.2. The van der Waals surface area contributed by atoms with Gasteiger partial charge in [0.15, 0.2) is 0 Å². The zero-order chi connectivity index (χ0) is 50.0. The van der Waals surface area contributed by atoms with Gasteiger partial charge in [0.25, 0.3) is 0 Å². The van der Waals surface area contributed by atoms with Gasteiger partial charge in [0.1, 0.15) is 0 Å². The molecule has 356 valence electrons. The van der Waals surface area contributed by atoms with Crippen molar-refractivity contribution in [3.05, 3.63) is 331 Å². The lowest BCUT2D eigenvalue weighted by molar-refractivity contribution is 0.768. The molecule has 0 heterocycles. The van der Waals surface area contributed by atoms with E-state index in [-0.39, 0.29) is 0 Å². The molecule has 0 fully saturated rings. The molecule has 0 amide bonds. The fraction of sp³-hybridized carbons (Fsp3) is 0.0411. The van der Waals surface area contributed by atoms with Crippen LogP contribution >= 0.6 is 0 Å². The summed E-state index contributed by atoms with van der Waals surface area (Å²) in [5.74, 6) is 0. The number of fused-ring (bicyclic) bond motifs is 3. The second-order valence-corrected chi connectivity index (χ2v) is 19.5. The molecule has 0 radical (unpaired) electrons. The van der Waals surface area contributed by atoms with Crippen LogP contribution in [0.2, 0.25) is 0 Å². The van der Waals surface area contributed by atoms with E-state index in [0.29, 0.717) is 0 Å². The molecule has 2 nitrogen and oxygen atoms in total. The molecular formula is C73H54N2. The number of allylic oxidation sites excluding steroid dienone is 4. The molecule has 0 aromatic heterocycles. The highest BCUT2D eigenvalue weighted by Gasteiger charge is 2.48. The lowest BCUT2D eigenvalue weighted by atomic mass is 9.67. The quantitative estimate of drug-likeness (QED) is 0.120. The molecule has 2 aliphatic rings. The van der Waals surface area contributed by atoms with E-state index >= 15 is 0 Å².